The van der Waals surface area contributed by atoms with Gasteiger partial charge in [0.25, 0.3) is 5.91 Å². The molecule has 2 aliphatic heterocycles. The number of rotatable bonds is 2. The number of aromatic carboxylic acids is 1. The van der Waals surface area contributed by atoms with Gasteiger partial charge in [0, 0.05) is 17.5 Å². The van der Waals surface area contributed by atoms with Crippen LogP contribution < -0.4 is 0 Å². The van der Waals surface area contributed by atoms with Gasteiger partial charge in [0.15, 0.2) is 0 Å². The predicted molar refractivity (Wildman–Crippen MR) is 68.4 cm³/mol. The second kappa shape index (κ2) is 5.68. The third kappa shape index (κ3) is 2.44. The van der Waals surface area contributed by atoms with Crippen LogP contribution in [0.25, 0.3) is 0 Å². The van der Waals surface area contributed by atoms with Gasteiger partial charge in [-0.15, -0.1) is 11.3 Å². The fourth-order valence-corrected chi connectivity index (χ4v) is 3.48. The van der Waals surface area contributed by atoms with Gasteiger partial charge in [-0.25, -0.2) is 9.78 Å². The van der Waals surface area contributed by atoms with Crippen molar-refractivity contribution < 1.29 is 14.7 Å². The van der Waals surface area contributed by atoms with Crippen molar-refractivity contribution >= 4 is 74.6 Å². The molecule has 0 aliphatic carbocycles. The molecule has 2 bridgehead atoms. The van der Waals surface area contributed by atoms with Crippen LogP contribution in [0.4, 0.5) is 0 Å². The molecule has 2 aliphatic rings. The maximum atomic E-state index is 12.2. The molecule has 0 atom stereocenters. The molecule has 1 amide bonds. The van der Waals surface area contributed by atoms with E-state index in [1.165, 1.54) is 0 Å². The molecule has 2 saturated heterocycles. The van der Waals surface area contributed by atoms with Crippen LogP contribution in [0.3, 0.4) is 0 Å². The van der Waals surface area contributed by atoms with Crippen LogP contribution in [0.5, 0.6) is 0 Å². The van der Waals surface area contributed by atoms with Gasteiger partial charge >= 0.3 is 57.4 Å². The summed E-state index contributed by atoms with van der Waals surface area (Å²) in [7, 11) is 0. The number of hydrogen-bond donors (Lipinski definition) is 1. The van der Waals surface area contributed by atoms with E-state index in [4.69, 9.17) is 5.11 Å². The Morgan fingerprint density at radius 2 is 1.83 bits per heavy atom. The molecule has 0 radical (unpaired) electrons. The second-order valence-electron chi connectivity index (χ2n) is 4.52. The number of carbonyl (C=O) groups excluding carboxylic acids is 1. The molecule has 18 heavy (non-hydrogen) atoms. The summed E-state index contributed by atoms with van der Waals surface area (Å²) >= 11 is 1.01. The van der Waals surface area contributed by atoms with E-state index in [0.29, 0.717) is 12.1 Å². The number of thiazole rings is 1. The number of carbonyl (C=O) groups is 2. The van der Waals surface area contributed by atoms with Crippen LogP contribution in [-0.2, 0) is 0 Å². The van der Waals surface area contributed by atoms with E-state index in [1.54, 1.807) is 5.38 Å². The Labute approximate surface area is 151 Å². The van der Waals surface area contributed by atoms with Crippen LogP contribution in [0, 0.1) is 0 Å². The molecular formula is C11H13KN2O3S. The second-order valence-corrected chi connectivity index (χ2v) is 5.38. The van der Waals surface area contributed by atoms with Crippen molar-refractivity contribution in [3.63, 3.8) is 0 Å². The van der Waals surface area contributed by atoms with E-state index in [9.17, 15) is 9.59 Å². The van der Waals surface area contributed by atoms with Gasteiger partial charge < -0.3 is 10.0 Å². The molecule has 0 saturated carbocycles. The summed E-state index contributed by atoms with van der Waals surface area (Å²) in [4.78, 5) is 28.7. The number of aromatic nitrogens is 1. The van der Waals surface area contributed by atoms with E-state index in [0.717, 1.165) is 37.0 Å². The quantitative estimate of drug-likeness (QED) is 0.824. The first-order valence-corrected chi connectivity index (χ1v) is 6.56. The maximum absolute atomic E-state index is 12.2. The zero-order chi connectivity index (χ0) is 12.0. The SMILES string of the molecule is O=C(O)c1nc(C(=O)N2[C@H]3CC[C@@H]2CC3)cs1.[KH]. The van der Waals surface area contributed by atoms with Crippen LogP contribution in [0.2, 0.25) is 0 Å². The Kier molecular flexibility index (Phi) is 4.61. The average molecular weight is 292 g/mol. The number of carboxylic acid groups (broad SMARTS) is 1. The summed E-state index contributed by atoms with van der Waals surface area (Å²) in [5, 5.41) is 10.3. The van der Waals surface area contributed by atoms with Crippen molar-refractivity contribution in [2.75, 3.05) is 0 Å². The normalized spacial score (nSPS) is 25.0. The average Bonchev–Trinajstić information content (AvgIpc) is 3.03. The first-order chi connectivity index (χ1) is 8.16. The Bertz CT molecular complexity index is 470. The molecule has 0 unspecified atom stereocenters. The monoisotopic (exact) mass is 292 g/mol. The fourth-order valence-electron chi connectivity index (χ4n) is 2.85. The molecular weight excluding hydrogens is 279 g/mol. The van der Waals surface area contributed by atoms with Gasteiger partial charge in [-0.2, -0.15) is 0 Å². The first-order valence-electron chi connectivity index (χ1n) is 5.68. The van der Waals surface area contributed by atoms with Gasteiger partial charge in [-0.3, -0.25) is 4.79 Å². The molecule has 1 aromatic heterocycles. The molecule has 0 spiro atoms. The third-order valence-corrected chi connectivity index (χ3v) is 4.42. The summed E-state index contributed by atoms with van der Waals surface area (Å²) in [6.45, 7) is 0. The summed E-state index contributed by atoms with van der Waals surface area (Å²) in [6, 6.07) is 0.699. The predicted octanol–water partition coefficient (Wildman–Crippen LogP) is 0.960. The Hall–Kier alpha value is 0.206. The topological polar surface area (TPSA) is 70.5 Å². The van der Waals surface area contributed by atoms with E-state index < -0.39 is 5.97 Å². The van der Waals surface area contributed by atoms with Crippen molar-refractivity contribution in [1.82, 2.24) is 9.88 Å². The molecule has 92 valence electrons. The van der Waals surface area contributed by atoms with E-state index in [2.05, 4.69) is 4.98 Å². The summed E-state index contributed by atoms with van der Waals surface area (Å²) < 4.78 is 0. The molecule has 1 aromatic rings. The minimum absolute atomic E-state index is 0. The van der Waals surface area contributed by atoms with Crippen LogP contribution in [0.15, 0.2) is 5.38 Å². The molecule has 5 nitrogen and oxygen atoms in total. The Morgan fingerprint density at radius 1 is 1.28 bits per heavy atom. The van der Waals surface area contributed by atoms with Crippen LogP contribution in [-0.4, -0.2) is 90.3 Å². The van der Waals surface area contributed by atoms with Gasteiger partial charge in [-0.1, -0.05) is 0 Å². The van der Waals surface area contributed by atoms with E-state index in [-0.39, 0.29) is 68.0 Å². The Balaban J connectivity index is 0.00000120. The standard InChI is InChI=1S/C11H12N2O3S.K.H/c14-10(8-5-17-9(12-8)11(15)16)13-6-1-2-7(13)4-3-6;;/h5-7H,1-4H2,(H,15,16);;/t6-,7+;;. The fraction of sp³-hybridized carbons (Fsp3) is 0.545. The molecule has 3 rings (SSSR count). The Morgan fingerprint density at radius 3 is 2.28 bits per heavy atom. The van der Waals surface area contributed by atoms with Crippen molar-refractivity contribution in [2.45, 2.75) is 37.8 Å². The van der Waals surface area contributed by atoms with Crippen molar-refractivity contribution in [2.24, 2.45) is 0 Å². The number of hydrogen-bond acceptors (Lipinski definition) is 4. The minimum atomic E-state index is -1.07. The summed E-state index contributed by atoms with van der Waals surface area (Å²) in [6.07, 6.45) is 4.30. The third-order valence-electron chi connectivity index (χ3n) is 3.59. The molecule has 2 fully saturated rings. The van der Waals surface area contributed by atoms with Gasteiger partial charge in [-0.05, 0) is 25.7 Å². The van der Waals surface area contributed by atoms with Crippen LogP contribution >= 0.6 is 11.3 Å². The van der Waals surface area contributed by atoms with E-state index >= 15 is 0 Å². The van der Waals surface area contributed by atoms with Gasteiger partial charge in [0.2, 0.25) is 5.01 Å². The van der Waals surface area contributed by atoms with Crippen molar-refractivity contribution in [3.05, 3.63) is 16.1 Å². The zero-order valence-electron chi connectivity index (χ0n) is 9.13. The number of fused-ring (bicyclic) bond motifs is 2. The first kappa shape index (κ1) is 14.6. The summed E-state index contributed by atoms with van der Waals surface area (Å²) in [5.74, 6) is -1.17. The number of amides is 1. The van der Waals surface area contributed by atoms with Crippen molar-refractivity contribution in [3.8, 4) is 0 Å². The zero-order valence-corrected chi connectivity index (χ0v) is 9.94. The van der Waals surface area contributed by atoms with Crippen molar-refractivity contribution in [1.29, 1.82) is 0 Å². The number of nitrogens with zero attached hydrogens (tertiary/aromatic N) is 2. The number of carboxylic acids is 1. The van der Waals surface area contributed by atoms with Gasteiger partial charge in [0.05, 0.1) is 0 Å². The molecule has 0 aromatic carbocycles. The molecule has 3 heterocycles. The molecule has 1 N–H and O–H groups in total. The van der Waals surface area contributed by atoms with Gasteiger partial charge in [0.1, 0.15) is 5.69 Å². The molecule has 7 heteroatoms. The summed E-state index contributed by atoms with van der Waals surface area (Å²) in [5.41, 5.74) is 0.284. The van der Waals surface area contributed by atoms with E-state index in [1.807, 2.05) is 4.90 Å². The van der Waals surface area contributed by atoms with Crippen LogP contribution in [0.1, 0.15) is 46.0 Å².